The summed E-state index contributed by atoms with van der Waals surface area (Å²) >= 11 is 0. The van der Waals surface area contributed by atoms with E-state index in [1.165, 1.54) is 40.7 Å². The molecule has 2 amide bonds. The number of ether oxygens (including phenoxy) is 1. The summed E-state index contributed by atoms with van der Waals surface area (Å²) in [5, 5.41) is 0. The molecule has 168 valence electrons. The van der Waals surface area contributed by atoms with Gasteiger partial charge >= 0.3 is 5.97 Å². The largest absolute Gasteiger partial charge is 0.462 e. The second-order valence-corrected chi connectivity index (χ2v) is 9.78. The van der Waals surface area contributed by atoms with Gasteiger partial charge in [0.05, 0.1) is 29.2 Å². The first kappa shape index (κ1) is 22.2. The van der Waals surface area contributed by atoms with Crippen molar-refractivity contribution in [2.24, 2.45) is 0 Å². The Kier molecular flexibility index (Phi) is 5.87. The Hall–Kier alpha value is -3.04. The van der Waals surface area contributed by atoms with Gasteiger partial charge in [0.15, 0.2) is 0 Å². The average Bonchev–Trinajstić information content (AvgIpc) is 3.54. The molecule has 2 aromatic rings. The monoisotopic (exact) mass is 456 g/mol. The number of imide groups is 1. The number of esters is 1. The molecule has 0 spiro atoms. The molecule has 4 rings (SSSR count). The van der Waals surface area contributed by atoms with Gasteiger partial charge < -0.3 is 4.74 Å². The minimum atomic E-state index is -3.95. The number of nitrogens with zero attached hydrogens (tertiary/aromatic N) is 2. The summed E-state index contributed by atoms with van der Waals surface area (Å²) in [6.45, 7) is 3.79. The van der Waals surface area contributed by atoms with Crippen LogP contribution in [-0.2, 0) is 24.3 Å². The predicted molar refractivity (Wildman–Crippen MR) is 117 cm³/mol. The van der Waals surface area contributed by atoms with Crippen LogP contribution in [0.25, 0.3) is 0 Å². The number of benzene rings is 2. The van der Waals surface area contributed by atoms with Crippen LogP contribution in [0.5, 0.6) is 0 Å². The first-order chi connectivity index (χ1) is 15.2. The Morgan fingerprint density at radius 1 is 1.06 bits per heavy atom. The highest BCUT2D eigenvalue weighted by atomic mass is 32.2. The van der Waals surface area contributed by atoms with Crippen LogP contribution >= 0.6 is 0 Å². The number of anilines is 1. The second kappa shape index (κ2) is 8.48. The molecule has 0 radical (unpaired) electrons. The van der Waals surface area contributed by atoms with Gasteiger partial charge in [-0.2, -0.15) is 4.31 Å². The molecule has 1 heterocycles. The third kappa shape index (κ3) is 4.05. The van der Waals surface area contributed by atoms with Crippen LogP contribution in [0.3, 0.4) is 0 Å². The summed E-state index contributed by atoms with van der Waals surface area (Å²) in [4.78, 5) is 39.0. The van der Waals surface area contributed by atoms with Gasteiger partial charge in [0.2, 0.25) is 15.9 Å². The lowest BCUT2D eigenvalue weighted by Gasteiger charge is -2.26. The Morgan fingerprint density at radius 3 is 2.25 bits per heavy atom. The third-order valence-electron chi connectivity index (χ3n) is 5.57. The molecule has 1 aliphatic carbocycles. The van der Waals surface area contributed by atoms with Crippen molar-refractivity contribution >= 4 is 33.5 Å². The highest BCUT2D eigenvalue weighted by molar-refractivity contribution is 7.89. The van der Waals surface area contributed by atoms with Crippen LogP contribution in [0.1, 0.15) is 42.1 Å². The van der Waals surface area contributed by atoms with Crippen molar-refractivity contribution in [3.8, 4) is 0 Å². The van der Waals surface area contributed by atoms with Gasteiger partial charge in [0, 0.05) is 6.04 Å². The zero-order chi connectivity index (χ0) is 23.0. The van der Waals surface area contributed by atoms with Gasteiger partial charge in [-0.1, -0.05) is 17.7 Å². The van der Waals surface area contributed by atoms with Crippen molar-refractivity contribution in [1.29, 1.82) is 0 Å². The van der Waals surface area contributed by atoms with Gasteiger partial charge in [0.1, 0.15) is 6.04 Å². The molecule has 32 heavy (non-hydrogen) atoms. The SMILES string of the molecule is CCOC(=O)c1ccc(N2C(=O)CC(N(C3CC3)S(=O)(=O)c3ccc(C)cc3)C2=O)cc1. The molecule has 2 aromatic carbocycles. The maximum Gasteiger partial charge on any atom is 0.338 e. The number of sulfonamides is 1. The quantitative estimate of drug-likeness (QED) is 0.469. The molecule has 0 aromatic heterocycles. The van der Waals surface area contributed by atoms with E-state index in [0.717, 1.165) is 10.5 Å². The zero-order valence-corrected chi connectivity index (χ0v) is 18.7. The van der Waals surface area contributed by atoms with Crippen molar-refractivity contribution in [2.45, 2.75) is 50.1 Å². The van der Waals surface area contributed by atoms with E-state index in [1.807, 2.05) is 6.92 Å². The predicted octanol–water partition coefficient (Wildman–Crippen LogP) is 2.66. The highest BCUT2D eigenvalue weighted by Crippen LogP contribution is 2.38. The average molecular weight is 457 g/mol. The van der Waals surface area contributed by atoms with E-state index >= 15 is 0 Å². The molecule has 0 N–H and O–H groups in total. The van der Waals surface area contributed by atoms with Crippen molar-refractivity contribution in [3.63, 3.8) is 0 Å². The summed E-state index contributed by atoms with van der Waals surface area (Å²) in [7, 11) is -3.95. The fraction of sp³-hybridized carbons (Fsp3) is 0.348. The molecule has 1 saturated heterocycles. The number of aryl methyl sites for hydroxylation is 1. The lowest BCUT2D eigenvalue weighted by Crippen LogP contribution is -2.46. The van der Waals surface area contributed by atoms with Crippen LogP contribution in [0, 0.1) is 6.92 Å². The van der Waals surface area contributed by atoms with Crippen LogP contribution in [0.4, 0.5) is 5.69 Å². The number of rotatable bonds is 7. The minimum absolute atomic E-state index is 0.104. The van der Waals surface area contributed by atoms with Gasteiger partial charge in [0.25, 0.3) is 5.91 Å². The molecule has 9 heteroatoms. The zero-order valence-electron chi connectivity index (χ0n) is 17.9. The molecular weight excluding hydrogens is 432 g/mol. The first-order valence-electron chi connectivity index (χ1n) is 10.5. The summed E-state index contributed by atoms with van der Waals surface area (Å²) in [5.41, 5.74) is 1.51. The van der Waals surface area contributed by atoms with Gasteiger partial charge in [-0.3, -0.25) is 9.59 Å². The fourth-order valence-corrected chi connectivity index (χ4v) is 5.65. The van der Waals surface area contributed by atoms with E-state index in [1.54, 1.807) is 19.1 Å². The number of carbonyl (C=O) groups excluding carboxylic acids is 3. The maximum atomic E-state index is 13.4. The molecule has 1 atom stereocenters. The maximum absolute atomic E-state index is 13.4. The van der Waals surface area contributed by atoms with Crippen LogP contribution in [-0.4, -0.2) is 49.2 Å². The summed E-state index contributed by atoms with van der Waals surface area (Å²) in [6, 6.07) is 11.0. The smallest absolute Gasteiger partial charge is 0.338 e. The van der Waals surface area contributed by atoms with Crippen molar-refractivity contribution in [1.82, 2.24) is 4.31 Å². The van der Waals surface area contributed by atoms with E-state index in [9.17, 15) is 22.8 Å². The first-order valence-corrected chi connectivity index (χ1v) is 11.9. The van der Waals surface area contributed by atoms with E-state index < -0.39 is 33.8 Å². The Bertz CT molecular complexity index is 1150. The number of amides is 2. The topological polar surface area (TPSA) is 101 Å². The van der Waals surface area contributed by atoms with E-state index in [-0.39, 0.29) is 24.0 Å². The highest BCUT2D eigenvalue weighted by Gasteiger charge is 2.51. The third-order valence-corrected chi connectivity index (χ3v) is 7.55. The molecule has 0 bridgehead atoms. The van der Waals surface area contributed by atoms with Crippen molar-refractivity contribution in [3.05, 3.63) is 59.7 Å². The Balaban J connectivity index is 1.62. The van der Waals surface area contributed by atoms with Crippen molar-refractivity contribution in [2.75, 3.05) is 11.5 Å². The Labute approximate surface area is 186 Å². The molecule has 1 saturated carbocycles. The lowest BCUT2D eigenvalue weighted by molar-refractivity contribution is -0.122. The van der Waals surface area contributed by atoms with Crippen LogP contribution < -0.4 is 4.90 Å². The van der Waals surface area contributed by atoms with Crippen LogP contribution in [0.2, 0.25) is 0 Å². The summed E-state index contributed by atoms with van der Waals surface area (Å²) in [5.74, 6) is -1.56. The van der Waals surface area contributed by atoms with Gasteiger partial charge in [-0.25, -0.2) is 18.1 Å². The Morgan fingerprint density at radius 2 is 1.69 bits per heavy atom. The molecule has 2 aliphatic rings. The molecule has 8 nitrogen and oxygen atoms in total. The summed E-state index contributed by atoms with van der Waals surface area (Å²) in [6.07, 6.45) is 1.08. The van der Waals surface area contributed by atoms with Gasteiger partial charge in [-0.05, 0) is 63.1 Å². The number of hydrogen-bond donors (Lipinski definition) is 0. The normalized spacial score (nSPS) is 19.0. The van der Waals surface area contributed by atoms with Crippen molar-refractivity contribution < 1.29 is 27.5 Å². The standard InChI is InChI=1S/C23H24N2O6S/c1-3-31-23(28)16-6-8-17(9-7-16)24-21(26)14-20(22(24)27)25(18-10-11-18)32(29,30)19-12-4-15(2)5-13-19/h4-9,12-13,18,20H,3,10-11,14H2,1-2H3. The van der Waals surface area contributed by atoms with E-state index in [4.69, 9.17) is 4.74 Å². The number of hydrogen-bond acceptors (Lipinski definition) is 6. The van der Waals surface area contributed by atoms with E-state index in [0.29, 0.717) is 24.1 Å². The lowest BCUT2D eigenvalue weighted by atomic mass is 10.2. The fourth-order valence-electron chi connectivity index (χ4n) is 3.83. The van der Waals surface area contributed by atoms with Crippen LogP contribution in [0.15, 0.2) is 53.4 Å². The second-order valence-electron chi connectivity index (χ2n) is 7.93. The molecule has 1 aliphatic heterocycles. The van der Waals surface area contributed by atoms with Gasteiger partial charge in [-0.15, -0.1) is 0 Å². The minimum Gasteiger partial charge on any atom is -0.462 e. The number of carbonyl (C=O) groups is 3. The molecular formula is C23H24N2O6S. The molecule has 2 fully saturated rings. The summed E-state index contributed by atoms with van der Waals surface area (Å²) < 4.78 is 32.9. The van der Waals surface area contributed by atoms with E-state index in [2.05, 4.69) is 0 Å². The molecule has 1 unspecified atom stereocenters.